The number of hydrogen-bond acceptors (Lipinski definition) is 1. The fraction of sp³-hybridized carbons (Fsp3) is 0.538. The molecule has 1 nitrogen and oxygen atoms in total. The summed E-state index contributed by atoms with van der Waals surface area (Å²) >= 11 is 5.87. The summed E-state index contributed by atoms with van der Waals surface area (Å²) in [6, 6.07) is 4.33. The van der Waals surface area contributed by atoms with Crippen molar-refractivity contribution >= 4 is 11.6 Å². The summed E-state index contributed by atoms with van der Waals surface area (Å²) in [6.45, 7) is 0. The molecule has 1 saturated carbocycles. The van der Waals surface area contributed by atoms with Crippen LogP contribution < -0.4 is 4.74 Å². The van der Waals surface area contributed by atoms with Crippen LogP contribution >= 0.6 is 11.6 Å². The Balaban J connectivity index is 2.28. The summed E-state index contributed by atoms with van der Waals surface area (Å²) in [7, 11) is 0. The molecule has 0 N–H and O–H groups in total. The first kappa shape index (κ1) is 13.5. The summed E-state index contributed by atoms with van der Waals surface area (Å²) in [6.07, 6.45) is 0.373. The Labute approximate surface area is 109 Å². The second-order valence-electron chi connectivity index (χ2n) is 4.56. The predicted octanol–water partition coefficient (Wildman–Crippen LogP) is 5.29. The lowest BCUT2D eigenvalue weighted by Crippen LogP contribution is -2.19. The third kappa shape index (κ3) is 3.55. The van der Waals surface area contributed by atoms with E-state index in [9.17, 15) is 13.2 Å². The zero-order valence-electron chi connectivity index (χ0n) is 9.77. The summed E-state index contributed by atoms with van der Waals surface area (Å²) < 4.78 is 41.1. The van der Waals surface area contributed by atoms with Gasteiger partial charge in [-0.05, 0) is 42.5 Å². The summed E-state index contributed by atoms with van der Waals surface area (Å²) in [5, 5.41) is 0.449. The van der Waals surface area contributed by atoms with Crippen molar-refractivity contribution in [3.05, 3.63) is 28.8 Å². The van der Waals surface area contributed by atoms with E-state index in [4.69, 9.17) is 11.6 Å². The van der Waals surface area contributed by atoms with Crippen LogP contribution in [0.2, 0.25) is 5.02 Å². The molecule has 0 saturated heterocycles. The van der Waals surface area contributed by atoms with E-state index < -0.39 is 6.36 Å². The van der Waals surface area contributed by atoms with Gasteiger partial charge in [0.05, 0.1) is 0 Å². The fourth-order valence-corrected chi connectivity index (χ4v) is 2.65. The van der Waals surface area contributed by atoms with Crippen molar-refractivity contribution < 1.29 is 17.9 Å². The molecule has 0 bridgehead atoms. The molecule has 1 fully saturated rings. The largest absolute Gasteiger partial charge is 0.573 e. The van der Waals surface area contributed by atoms with Gasteiger partial charge in [0, 0.05) is 5.02 Å². The molecule has 0 radical (unpaired) electrons. The van der Waals surface area contributed by atoms with E-state index >= 15 is 0 Å². The number of alkyl halides is 3. The number of ether oxygens (including phenoxy) is 1. The molecular formula is C13H14ClF3O. The zero-order chi connectivity index (χ0) is 13.2. The molecule has 100 valence electrons. The number of benzene rings is 1. The summed E-state index contributed by atoms with van der Waals surface area (Å²) in [5.74, 6) is 0.00796. The molecule has 0 spiro atoms. The summed E-state index contributed by atoms with van der Waals surface area (Å²) in [5.41, 5.74) is 0.583. The van der Waals surface area contributed by atoms with E-state index in [1.54, 1.807) is 6.07 Å². The Morgan fingerprint density at radius 2 is 1.78 bits per heavy atom. The van der Waals surface area contributed by atoms with Crippen LogP contribution in [0.25, 0.3) is 0 Å². The Hall–Kier alpha value is -0.900. The van der Waals surface area contributed by atoms with E-state index in [2.05, 4.69) is 4.74 Å². The van der Waals surface area contributed by atoms with Crippen LogP contribution in [0, 0.1) is 0 Å². The highest BCUT2D eigenvalue weighted by Gasteiger charge is 2.33. The van der Waals surface area contributed by atoms with Crippen molar-refractivity contribution in [3.8, 4) is 5.75 Å². The molecule has 0 amide bonds. The lowest BCUT2D eigenvalue weighted by Gasteiger charge is -2.24. The van der Waals surface area contributed by atoms with Gasteiger partial charge in [-0.25, -0.2) is 0 Å². The van der Waals surface area contributed by atoms with Gasteiger partial charge in [-0.15, -0.1) is 13.2 Å². The molecule has 5 heteroatoms. The lowest BCUT2D eigenvalue weighted by molar-refractivity contribution is -0.275. The second kappa shape index (κ2) is 5.39. The van der Waals surface area contributed by atoms with Gasteiger partial charge in [-0.2, -0.15) is 0 Å². The first-order chi connectivity index (χ1) is 8.46. The molecular weight excluding hydrogens is 265 g/mol. The van der Waals surface area contributed by atoms with E-state index in [1.807, 2.05) is 0 Å². The van der Waals surface area contributed by atoms with Crippen molar-refractivity contribution in [2.75, 3.05) is 0 Å². The average Bonchev–Trinajstić information content (AvgIpc) is 2.31. The minimum absolute atomic E-state index is 0.112. The highest BCUT2D eigenvalue weighted by Crippen LogP contribution is 2.40. The number of halogens is 4. The quantitative estimate of drug-likeness (QED) is 0.714. The zero-order valence-corrected chi connectivity index (χ0v) is 10.5. The maximum absolute atomic E-state index is 12.3. The first-order valence-electron chi connectivity index (χ1n) is 6.01. The van der Waals surface area contributed by atoms with Gasteiger partial charge in [0.25, 0.3) is 0 Å². The standard InChI is InChI=1S/C13H14ClF3O/c14-10-6-7-12(18-13(15,16)17)11(8-10)9-4-2-1-3-5-9/h6-9H,1-5H2. The first-order valence-corrected chi connectivity index (χ1v) is 6.39. The third-order valence-corrected chi connectivity index (χ3v) is 3.48. The molecule has 0 aliphatic heterocycles. The maximum atomic E-state index is 12.3. The smallest absolute Gasteiger partial charge is 0.405 e. The van der Waals surface area contributed by atoms with E-state index in [0.717, 1.165) is 32.1 Å². The van der Waals surface area contributed by atoms with Crippen LogP contribution in [0.15, 0.2) is 18.2 Å². The van der Waals surface area contributed by atoms with Gasteiger partial charge in [0.1, 0.15) is 5.75 Å². The Morgan fingerprint density at radius 3 is 2.39 bits per heavy atom. The van der Waals surface area contributed by atoms with Gasteiger partial charge in [-0.1, -0.05) is 30.9 Å². The van der Waals surface area contributed by atoms with Crippen LogP contribution in [-0.2, 0) is 0 Å². The SMILES string of the molecule is FC(F)(F)Oc1ccc(Cl)cc1C1CCCCC1. The van der Waals surface area contributed by atoms with E-state index in [-0.39, 0.29) is 11.7 Å². The van der Waals surface area contributed by atoms with Gasteiger partial charge in [0.2, 0.25) is 0 Å². The Morgan fingerprint density at radius 1 is 1.11 bits per heavy atom. The molecule has 1 aromatic rings. The lowest BCUT2D eigenvalue weighted by atomic mass is 9.84. The molecule has 0 aromatic heterocycles. The van der Waals surface area contributed by atoms with Crippen molar-refractivity contribution in [1.29, 1.82) is 0 Å². The molecule has 0 unspecified atom stereocenters. The molecule has 18 heavy (non-hydrogen) atoms. The summed E-state index contributed by atoms with van der Waals surface area (Å²) in [4.78, 5) is 0. The molecule has 0 heterocycles. The molecule has 2 rings (SSSR count). The van der Waals surface area contributed by atoms with Crippen molar-refractivity contribution in [3.63, 3.8) is 0 Å². The Bertz CT molecular complexity index is 411. The van der Waals surface area contributed by atoms with Crippen molar-refractivity contribution in [1.82, 2.24) is 0 Å². The predicted molar refractivity (Wildman–Crippen MR) is 64.0 cm³/mol. The molecule has 0 atom stereocenters. The Kier molecular flexibility index (Phi) is 4.05. The van der Waals surface area contributed by atoms with Gasteiger partial charge < -0.3 is 4.74 Å². The van der Waals surface area contributed by atoms with Crippen LogP contribution in [0.4, 0.5) is 13.2 Å². The molecule has 1 aromatic carbocycles. The average molecular weight is 279 g/mol. The molecule has 1 aliphatic carbocycles. The topological polar surface area (TPSA) is 9.23 Å². The van der Waals surface area contributed by atoms with Gasteiger partial charge >= 0.3 is 6.36 Å². The minimum Gasteiger partial charge on any atom is -0.405 e. The highest BCUT2D eigenvalue weighted by atomic mass is 35.5. The number of hydrogen-bond donors (Lipinski definition) is 0. The number of rotatable bonds is 2. The fourth-order valence-electron chi connectivity index (χ4n) is 2.47. The maximum Gasteiger partial charge on any atom is 0.573 e. The monoisotopic (exact) mass is 278 g/mol. The van der Waals surface area contributed by atoms with Crippen LogP contribution in [-0.4, -0.2) is 6.36 Å². The highest BCUT2D eigenvalue weighted by molar-refractivity contribution is 6.30. The normalized spacial score (nSPS) is 17.8. The van der Waals surface area contributed by atoms with Gasteiger partial charge in [-0.3, -0.25) is 0 Å². The van der Waals surface area contributed by atoms with Crippen LogP contribution in [0.5, 0.6) is 5.75 Å². The molecule has 1 aliphatic rings. The van der Waals surface area contributed by atoms with E-state index in [0.29, 0.717) is 10.6 Å². The minimum atomic E-state index is -4.66. The van der Waals surface area contributed by atoms with Gasteiger partial charge in [0.15, 0.2) is 0 Å². The van der Waals surface area contributed by atoms with Crippen LogP contribution in [0.1, 0.15) is 43.6 Å². The van der Waals surface area contributed by atoms with Crippen molar-refractivity contribution in [2.45, 2.75) is 44.4 Å². The van der Waals surface area contributed by atoms with Crippen LogP contribution in [0.3, 0.4) is 0 Å². The van der Waals surface area contributed by atoms with Crippen molar-refractivity contribution in [2.24, 2.45) is 0 Å². The van der Waals surface area contributed by atoms with E-state index in [1.165, 1.54) is 12.1 Å². The second-order valence-corrected chi connectivity index (χ2v) is 5.00. The third-order valence-electron chi connectivity index (χ3n) is 3.24.